The molecule has 0 spiro atoms. The lowest BCUT2D eigenvalue weighted by atomic mass is 9.95. The number of hydrogen-bond donors (Lipinski definition) is 2. The zero-order valence-electron chi connectivity index (χ0n) is 10.8. The highest BCUT2D eigenvalue weighted by Gasteiger charge is 2.40. The Labute approximate surface area is 108 Å². The predicted octanol–water partition coefficient (Wildman–Crippen LogP) is 1.65. The summed E-state index contributed by atoms with van der Waals surface area (Å²) in [5.74, 6) is 0.991. The molecule has 3 atom stereocenters. The third-order valence-corrected chi connectivity index (χ3v) is 3.50. The van der Waals surface area contributed by atoms with Gasteiger partial charge in [0.2, 0.25) is 5.91 Å². The number of unbranched alkanes of at least 4 members (excludes halogenated alkanes) is 2. The van der Waals surface area contributed by atoms with Crippen molar-refractivity contribution in [3.8, 4) is 12.3 Å². The largest absolute Gasteiger partial charge is 0.481 e. The van der Waals surface area contributed by atoms with Crippen LogP contribution in [0.5, 0.6) is 0 Å². The molecule has 0 aromatic carbocycles. The fourth-order valence-electron chi connectivity index (χ4n) is 2.55. The van der Waals surface area contributed by atoms with Gasteiger partial charge in [-0.15, -0.1) is 12.3 Å². The second-order valence-corrected chi connectivity index (χ2v) is 5.08. The van der Waals surface area contributed by atoms with Crippen molar-refractivity contribution < 1.29 is 14.7 Å². The molecule has 1 amide bonds. The summed E-state index contributed by atoms with van der Waals surface area (Å²) in [6.45, 7) is 2.58. The zero-order chi connectivity index (χ0) is 13.5. The maximum Gasteiger partial charge on any atom is 0.307 e. The number of carbonyl (C=O) groups is 2. The number of carboxylic acids is 1. The van der Waals surface area contributed by atoms with Crippen LogP contribution in [0.2, 0.25) is 0 Å². The standard InChI is InChI=1S/C14H21NO3/c1-3-4-5-6-7-15-13(16)11-8-10(2)9-12(11)14(17)18/h1,10-12H,4-9H2,2H3,(H,15,16)(H,17,18). The minimum atomic E-state index is -0.855. The van der Waals surface area contributed by atoms with Gasteiger partial charge in [0, 0.05) is 13.0 Å². The van der Waals surface area contributed by atoms with Crippen LogP contribution in [-0.4, -0.2) is 23.5 Å². The van der Waals surface area contributed by atoms with Crippen LogP contribution in [0.15, 0.2) is 0 Å². The molecule has 4 nitrogen and oxygen atoms in total. The molecule has 0 aromatic heterocycles. The van der Waals surface area contributed by atoms with E-state index in [1.165, 1.54) is 0 Å². The normalized spacial score (nSPS) is 26.6. The van der Waals surface area contributed by atoms with Gasteiger partial charge in [0.05, 0.1) is 11.8 Å². The van der Waals surface area contributed by atoms with Crippen molar-refractivity contribution in [2.24, 2.45) is 17.8 Å². The highest BCUT2D eigenvalue weighted by Crippen LogP contribution is 2.36. The van der Waals surface area contributed by atoms with Crippen LogP contribution >= 0.6 is 0 Å². The monoisotopic (exact) mass is 251 g/mol. The maximum absolute atomic E-state index is 11.9. The van der Waals surface area contributed by atoms with Crippen molar-refractivity contribution in [2.45, 2.75) is 39.0 Å². The molecule has 1 saturated carbocycles. The first-order valence-electron chi connectivity index (χ1n) is 6.50. The summed E-state index contributed by atoms with van der Waals surface area (Å²) in [5.41, 5.74) is 0. The second-order valence-electron chi connectivity index (χ2n) is 5.08. The molecule has 4 heteroatoms. The van der Waals surface area contributed by atoms with E-state index in [4.69, 9.17) is 11.5 Å². The van der Waals surface area contributed by atoms with Gasteiger partial charge in [-0.05, 0) is 31.6 Å². The molecule has 18 heavy (non-hydrogen) atoms. The summed E-state index contributed by atoms with van der Waals surface area (Å²) >= 11 is 0. The van der Waals surface area contributed by atoms with E-state index in [0.717, 1.165) is 12.8 Å². The molecule has 0 aliphatic heterocycles. The lowest BCUT2D eigenvalue weighted by Crippen LogP contribution is -2.35. The van der Waals surface area contributed by atoms with E-state index >= 15 is 0 Å². The Balaban J connectivity index is 2.36. The van der Waals surface area contributed by atoms with Gasteiger partial charge in [-0.25, -0.2) is 0 Å². The lowest BCUT2D eigenvalue weighted by Gasteiger charge is -2.15. The van der Waals surface area contributed by atoms with E-state index in [2.05, 4.69) is 11.2 Å². The molecule has 1 aliphatic carbocycles. The van der Waals surface area contributed by atoms with Gasteiger partial charge in [0.15, 0.2) is 0 Å². The molecule has 0 heterocycles. The molecule has 100 valence electrons. The van der Waals surface area contributed by atoms with Crippen LogP contribution in [0.25, 0.3) is 0 Å². The lowest BCUT2D eigenvalue weighted by molar-refractivity contribution is -0.146. The minimum absolute atomic E-state index is 0.118. The average Bonchev–Trinajstić information content (AvgIpc) is 2.71. The van der Waals surface area contributed by atoms with Crippen LogP contribution in [0.3, 0.4) is 0 Å². The van der Waals surface area contributed by atoms with E-state index in [1.807, 2.05) is 6.92 Å². The molecule has 0 radical (unpaired) electrons. The van der Waals surface area contributed by atoms with Gasteiger partial charge in [-0.1, -0.05) is 6.92 Å². The Morgan fingerprint density at radius 2 is 2.00 bits per heavy atom. The molecular weight excluding hydrogens is 230 g/mol. The van der Waals surface area contributed by atoms with Gasteiger partial charge in [0.1, 0.15) is 0 Å². The van der Waals surface area contributed by atoms with E-state index in [9.17, 15) is 9.59 Å². The van der Waals surface area contributed by atoms with E-state index in [1.54, 1.807) is 0 Å². The number of nitrogens with one attached hydrogen (secondary N) is 1. The topological polar surface area (TPSA) is 66.4 Å². The number of aliphatic carboxylic acids is 1. The van der Waals surface area contributed by atoms with Crippen molar-refractivity contribution >= 4 is 11.9 Å². The van der Waals surface area contributed by atoms with E-state index in [-0.39, 0.29) is 11.8 Å². The minimum Gasteiger partial charge on any atom is -0.481 e. The number of carbonyl (C=O) groups excluding carboxylic acids is 1. The van der Waals surface area contributed by atoms with E-state index < -0.39 is 11.9 Å². The molecule has 1 rings (SSSR count). The van der Waals surface area contributed by atoms with Crippen molar-refractivity contribution in [1.82, 2.24) is 5.32 Å². The third kappa shape index (κ3) is 4.06. The molecule has 2 N–H and O–H groups in total. The second kappa shape index (κ2) is 7.05. The van der Waals surface area contributed by atoms with Gasteiger partial charge in [-0.2, -0.15) is 0 Å². The van der Waals surface area contributed by atoms with Crippen LogP contribution in [-0.2, 0) is 9.59 Å². The Hall–Kier alpha value is -1.50. The van der Waals surface area contributed by atoms with Gasteiger partial charge >= 0.3 is 5.97 Å². The highest BCUT2D eigenvalue weighted by molar-refractivity contribution is 5.85. The van der Waals surface area contributed by atoms with Crippen LogP contribution < -0.4 is 5.32 Å². The Morgan fingerprint density at radius 1 is 1.33 bits per heavy atom. The van der Waals surface area contributed by atoms with Crippen LogP contribution in [0.1, 0.15) is 39.0 Å². The maximum atomic E-state index is 11.9. The highest BCUT2D eigenvalue weighted by atomic mass is 16.4. The molecular formula is C14H21NO3. The first-order chi connectivity index (χ1) is 8.56. The SMILES string of the molecule is C#CCCCCNC(=O)C1CC(C)CC1C(=O)O. The Morgan fingerprint density at radius 3 is 2.61 bits per heavy atom. The number of amides is 1. The first-order valence-corrected chi connectivity index (χ1v) is 6.50. The number of terminal acetylenes is 1. The van der Waals surface area contributed by atoms with Crippen LogP contribution in [0.4, 0.5) is 0 Å². The molecule has 0 saturated heterocycles. The van der Waals surface area contributed by atoms with Gasteiger partial charge in [0.25, 0.3) is 0 Å². The number of hydrogen-bond acceptors (Lipinski definition) is 2. The Kier molecular flexibility index (Phi) is 5.70. The van der Waals surface area contributed by atoms with E-state index in [0.29, 0.717) is 31.7 Å². The summed E-state index contributed by atoms with van der Waals surface area (Å²) < 4.78 is 0. The average molecular weight is 251 g/mol. The first kappa shape index (κ1) is 14.6. The predicted molar refractivity (Wildman–Crippen MR) is 68.7 cm³/mol. The van der Waals surface area contributed by atoms with Crippen molar-refractivity contribution in [3.63, 3.8) is 0 Å². The van der Waals surface area contributed by atoms with Gasteiger partial charge < -0.3 is 10.4 Å². The third-order valence-electron chi connectivity index (χ3n) is 3.50. The summed E-state index contributed by atoms with van der Waals surface area (Å²) in [5, 5.41) is 11.9. The molecule has 1 aliphatic rings. The van der Waals surface area contributed by atoms with Crippen molar-refractivity contribution in [2.75, 3.05) is 6.54 Å². The molecule has 3 unspecified atom stereocenters. The number of rotatable bonds is 6. The number of carboxylic acid groups (broad SMARTS) is 1. The molecule has 0 aromatic rings. The van der Waals surface area contributed by atoms with Crippen LogP contribution in [0, 0.1) is 30.1 Å². The van der Waals surface area contributed by atoms with Gasteiger partial charge in [-0.3, -0.25) is 9.59 Å². The summed E-state index contributed by atoms with van der Waals surface area (Å²) in [4.78, 5) is 23.0. The summed E-state index contributed by atoms with van der Waals surface area (Å²) in [7, 11) is 0. The van der Waals surface area contributed by atoms with Crippen molar-refractivity contribution in [3.05, 3.63) is 0 Å². The zero-order valence-corrected chi connectivity index (χ0v) is 10.8. The quantitative estimate of drug-likeness (QED) is 0.557. The summed E-state index contributed by atoms with van der Waals surface area (Å²) in [6.07, 6.45) is 8.86. The Bertz CT molecular complexity index is 345. The summed E-state index contributed by atoms with van der Waals surface area (Å²) in [6, 6.07) is 0. The smallest absolute Gasteiger partial charge is 0.307 e. The molecule has 0 bridgehead atoms. The fraction of sp³-hybridized carbons (Fsp3) is 0.714. The fourth-order valence-corrected chi connectivity index (χ4v) is 2.55. The van der Waals surface area contributed by atoms with Crippen molar-refractivity contribution in [1.29, 1.82) is 0 Å². The molecule has 1 fully saturated rings.